The maximum atomic E-state index is 14.2. The summed E-state index contributed by atoms with van der Waals surface area (Å²) in [4.78, 5) is 32.1. The van der Waals surface area contributed by atoms with E-state index in [1.165, 1.54) is 6.07 Å². The van der Waals surface area contributed by atoms with Gasteiger partial charge in [0, 0.05) is 42.4 Å². The summed E-state index contributed by atoms with van der Waals surface area (Å²) in [7, 11) is 1.08. The number of nitrogens with one attached hydrogen (secondary N) is 2. The van der Waals surface area contributed by atoms with Gasteiger partial charge in [-0.05, 0) is 70.4 Å². The lowest BCUT2D eigenvalue weighted by Gasteiger charge is -2.41. The molecule has 3 fully saturated rings. The Morgan fingerprint density at radius 3 is 2.39 bits per heavy atom. The highest BCUT2D eigenvalue weighted by Crippen LogP contribution is 2.44. The molecule has 12 heteroatoms. The molecule has 2 bridgehead atoms. The zero-order chi connectivity index (χ0) is 27.2. The first-order valence-electron chi connectivity index (χ1n) is 12.9. The van der Waals surface area contributed by atoms with Crippen molar-refractivity contribution in [2.75, 3.05) is 7.11 Å². The van der Waals surface area contributed by atoms with Gasteiger partial charge in [0.15, 0.2) is 17.1 Å². The summed E-state index contributed by atoms with van der Waals surface area (Å²) < 4.78 is 59.4. The van der Waals surface area contributed by atoms with E-state index in [1.807, 2.05) is 0 Å². The van der Waals surface area contributed by atoms with E-state index in [0.717, 1.165) is 26.1 Å². The van der Waals surface area contributed by atoms with Gasteiger partial charge in [0.2, 0.25) is 5.91 Å². The van der Waals surface area contributed by atoms with Gasteiger partial charge in [-0.2, -0.15) is 18.3 Å². The molecule has 0 aromatic carbocycles. The summed E-state index contributed by atoms with van der Waals surface area (Å²) in [5.41, 5.74) is -0.666. The van der Waals surface area contributed by atoms with E-state index in [0.29, 0.717) is 24.2 Å². The van der Waals surface area contributed by atoms with E-state index in [4.69, 9.17) is 4.74 Å². The fourth-order valence-corrected chi connectivity index (χ4v) is 6.32. The van der Waals surface area contributed by atoms with Crippen molar-refractivity contribution in [3.8, 4) is 11.3 Å². The van der Waals surface area contributed by atoms with Crippen LogP contribution in [-0.2, 0) is 9.53 Å². The van der Waals surface area contributed by atoms with Crippen molar-refractivity contribution in [2.45, 2.75) is 88.2 Å². The molecule has 0 unspecified atom stereocenters. The molecule has 2 aromatic rings. The number of hydrogen-bond donors (Lipinski definition) is 2. The van der Waals surface area contributed by atoms with Crippen LogP contribution >= 0.6 is 0 Å². The summed E-state index contributed by atoms with van der Waals surface area (Å²) in [5.74, 6) is -1.26. The zero-order valence-corrected chi connectivity index (χ0v) is 21.3. The molecule has 1 aliphatic carbocycles. The molecule has 3 aliphatic rings. The number of H-pyrrole nitrogens is 1. The molecule has 2 N–H and O–H groups in total. The normalized spacial score (nSPS) is 29.4. The minimum atomic E-state index is -4.45. The minimum absolute atomic E-state index is 0.130. The summed E-state index contributed by atoms with van der Waals surface area (Å²) >= 11 is 0. The maximum absolute atomic E-state index is 14.2. The summed E-state index contributed by atoms with van der Waals surface area (Å²) in [5, 5.41) is 9.83. The number of carbonyl (C=O) groups is 2. The third-order valence-electron chi connectivity index (χ3n) is 8.46. The van der Waals surface area contributed by atoms with Crippen LogP contribution in [0.1, 0.15) is 67.5 Å². The molecule has 1 saturated carbocycles. The van der Waals surface area contributed by atoms with Gasteiger partial charge in [-0.1, -0.05) is 0 Å². The Morgan fingerprint density at radius 2 is 1.79 bits per heavy atom. The number of pyridine rings is 1. The number of carbonyl (C=O) groups excluding carboxylic acids is 2. The topological polar surface area (TPSA) is 100 Å². The molecule has 3 atom stereocenters. The molecular formula is C26H31F4N5O3. The third-order valence-corrected chi connectivity index (χ3v) is 8.46. The van der Waals surface area contributed by atoms with Gasteiger partial charge in [0.1, 0.15) is 0 Å². The van der Waals surface area contributed by atoms with E-state index in [1.54, 1.807) is 17.9 Å². The van der Waals surface area contributed by atoms with Crippen LogP contribution in [-0.4, -0.2) is 68.9 Å². The third kappa shape index (κ3) is 4.78. The van der Waals surface area contributed by atoms with E-state index in [2.05, 4.69) is 20.5 Å². The van der Waals surface area contributed by atoms with Gasteiger partial charge in [-0.3, -0.25) is 19.7 Å². The molecule has 2 amide bonds. The number of aromatic amines is 1. The number of ether oxygens (including phenoxy) is 1. The number of nitrogens with zero attached hydrogens (tertiary/aromatic N) is 3. The lowest BCUT2D eigenvalue weighted by molar-refractivity contribution is -0.280. The fourth-order valence-electron chi connectivity index (χ4n) is 6.32. The first-order valence-corrected chi connectivity index (χ1v) is 12.9. The Bertz CT molecular complexity index is 1190. The lowest BCUT2D eigenvalue weighted by Crippen LogP contribution is -2.54. The molecule has 8 nitrogen and oxygen atoms in total. The number of fused-ring (bicyclic) bond motifs is 2. The monoisotopic (exact) mass is 537 g/mol. The fraction of sp³-hybridized carbons (Fsp3) is 0.615. The van der Waals surface area contributed by atoms with Crippen molar-refractivity contribution in [2.24, 2.45) is 5.92 Å². The van der Waals surface area contributed by atoms with E-state index in [-0.39, 0.29) is 72.8 Å². The smallest absolute Gasteiger partial charge is 0.369 e. The number of alkyl halides is 3. The number of amides is 2. The van der Waals surface area contributed by atoms with Crippen LogP contribution in [0.3, 0.4) is 0 Å². The molecule has 206 valence electrons. The molecule has 5 rings (SSSR count). The Labute approximate surface area is 217 Å². The second-order valence-corrected chi connectivity index (χ2v) is 10.7. The SMILES string of the molecule is CO[C@]1(C(F)(F)F)CC[C@H](NC(=O)[C@@H]2C[C@H]3CC[C@@H](C2)N3C(=O)c2cc(-c3cc(C)ncc3F)[nH]n2)CC1. The number of rotatable bonds is 5. The largest absolute Gasteiger partial charge is 0.417 e. The average molecular weight is 538 g/mol. The Kier molecular flexibility index (Phi) is 6.95. The van der Waals surface area contributed by atoms with Crippen LogP contribution in [0.15, 0.2) is 18.3 Å². The standard InChI is InChI=1S/C26H31F4N5O3/c1-14-9-19(20(27)13-31-14)21-12-22(34-33-21)24(37)35-17-3-4-18(35)11-15(10-17)23(36)32-16-5-7-25(38-2,8-6-16)26(28,29)30/h9,12-13,15-18H,3-8,10-11H2,1-2H3,(H,32,36)(H,33,34)/t15-,16-,17-,18+,25+. The number of halogens is 4. The number of aromatic nitrogens is 3. The van der Waals surface area contributed by atoms with Crippen molar-refractivity contribution in [3.05, 3.63) is 35.5 Å². The van der Waals surface area contributed by atoms with Crippen LogP contribution < -0.4 is 5.32 Å². The number of hydrogen-bond acceptors (Lipinski definition) is 5. The number of aryl methyl sites for hydroxylation is 1. The molecular weight excluding hydrogens is 506 g/mol. The molecule has 38 heavy (non-hydrogen) atoms. The van der Waals surface area contributed by atoms with Crippen molar-refractivity contribution in [1.82, 2.24) is 25.4 Å². The van der Waals surface area contributed by atoms with E-state index < -0.39 is 17.6 Å². The molecule has 0 spiro atoms. The van der Waals surface area contributed by atoms with Gasteiger partial charge in [0.25, 0.3) is 5.91 Å². The van der Waals surface area contributed by atoms with Crippen LogP contribution in [0.2, 0.25) is 0 Å². The lowest BCUT2D eigenvalue weighted by atomic mass is 9.81. The molecule has 0 radical (unpaired) electrons. The van der Waals surface area contributed by atoms with Gasteiger partial charge < -0.3 is 15.0 Å². The van der Waals surface area contributed by atoms with Gasteiger partial charge >= 0.3 is 6.18 Å². The Hall–Kier alpha value is -3.02. The first kappa shape index (κ1) is 26.6. The molecule has 4 heterocycles. The average Bonchev–Trinajstić information content (AvgIpc) is 3.47. The second kappa shape index (κ2) is 9.94. The highest BCUT2D eigenvalue weighted by Gasteiger charge is 2.56. The van der Waals surface area contributed by atoms with E-state index in [9.17, 15) is 27.2 Å². The van der Waals surface area contributed by atoms with Gasteiger partial charge in [0.05, 0.1) is 11.9 Å². The maximum Gasteiger partial charge on any atom is 0.417 e. The molecule has 2 saturated heterocycles. The predicted molar refractivity (Wildman–Crippen MR) is 128 cm³/mol. The zero-order valence-electron chi connectivity index (χ0n) is 21.3. The van der Waals surface area contributed by atoms with Crippen LogP contribution in [0.5, 0.6) is 0 Å². The summed E-state index contributed by atoms with van der Waals surface area (Å²) in [6.07, 6.45) is -0.805. The second-order valence-electron chi connectivity index (χ2n) is 10.7. The molecule has 2 aliphatic heterocycles. The van der Waals surface area contributed by atoms with Gasteiger partial charge in [-0.25, -0.2) is 4.39 Å². The van der Waals surface area contributed by atoms with Crippen molar-refractivity contribution in [3.63, 3.8) is 0 Å². The summed E-state index contributed by atoms with van der Waals surface area (Å²) in [6, 6.07) is 2.52. The highest BCUT2D eigenvalue weighted by molar-refractivity contribution is 5.94. The van der Waals surface area contributed by atoms with Crippen molar-refractivity contribution in [1.29, 1.82) is 0 Å². The van der Waals surface area contributed by atoms with E-state index >= 15 is 0 Å². The predicted octanol–water partition coefficient (Wildman–Crippen LogP) is 4.31. The van der Waals surface area contributed by atoms with Crippen molar-refractivity contribution < 1.29 is 31.9 Å². The van der Waals surface area contributed by atoms with Crippen LogP contribution in [0, 0.1) is 18.7 Å². The summed E-state index contributed by atoms with van der Waals surface area (Å²) in [6.45, 7) is 1.74. The van der Waals surface area contributed by atoms with Crippen molar-refractivity contribution >= 4 is 11.8 Å². The Morgan fingerprint density at radius 1 is 1.13 bits per heavy atom. The quantitative estimate of drug-likeness (QED) is 0.554. The van der Waals surface area contributed by atoms with Gasteiger partial charge in [-0.15, -0.1) is 0 Å². The number of piperidine rings is 1. The molecule has 2 aromatic heterocycles. The van der Waals surface area contributed by atoms with Crippen LogP contribution in [0.25, 0.3) is 11.3 Å². The Balaban J connectivity index is 1.20. The van der Waals surface area contributed by atoms with Crippen LogP contribution in [0.4, 0.5) is 17.6 Å². The number of methoxy groups -OCH3 is 1. The first-order chi connectivity index (χ1) is 18.0. The highest BCUT2D eigenvalue weighted by atomic mass is 19.4. The minimum Gasteiger partial charge on any atom is -0.369 e.